The normalized spacial score (nSPS) is 11.4. The van der Waals surface area contributed by atoms with E-state index in [0.29, 0.717) is 13.0 Å². The van der Waals surface area contributed by atoms with Crippen molar-refractivity contribution in [3.05, 3.63) is 34.9 Å². The second-order valence-corrected chi connectivity index (χ2v) is 5.27. The molecule has 5 heteroatoms. The lowest BCUT2D eigenvalue weighted by atomic mass is 9.90. The van der Waals surface area contributed by atoms with Crippen LogP contribution in [0.4, 0.5) is 8.78 Å². The largest absolute Gasteiger partial charge is 0.396 e. The summed E-state index contributed by atoms with van der Waals surface area (Å²) in [5, 5.41) is 20.5. The quantitative estimate of drug-likeness (QED) is 0.832. The molecule has 19 heavy (non-hydrogen) atoms. The Morgan fingerprint density at radius 1 is 1.32 bits per heavy atom. The molecule has 0 aliphatic rings. The summed E-state index contributed by atoms with van der Waals surface area (Å²) in [4.78, 5) is 0. The van der Waals surface area contributed by atoms with Crippen molar-refractivity contribution in [2.45, 2.75) is 26.8 Å². The van der Waals surface area contributed by atoms with E-state index in [0.717, 1.165) is 12.1 Å². The van der Waals surface area contributed by atoms with E-state index in [2.05, 4.69) is 5.32 Å². The first-order valence-corrected chi connectivity index (χ1v) is 6.09. The molecule has 0 radical (unpaired) electrons. The Bertz CT molecular complexity index is 458. The third-order valence-electron chi connectivity index (χ3n) is 2.96. The molecule has 0 unspecified atom stereocenters. The highest BCUT2D eigenvalue weighted by Gasteiger charge is 2.17. The topological polar surface area (TPSA) is 56.0 Å². The predicted molar refractivity (Wildman–Crippen MR) is 68.3 cm³/mol. The van der Waals surface area contributed by atoms with Gasteiger partial charge in [0, 0.05) is 25.3 Å². The molecule has 1 aromatic carbocycles. The molecule has 104 valence electrons. The molecule has 0 saturated carbocycles. The Labute approximate surface area is 111 Å². The standard InChI is InChI=1S/C14H18F2N2O/c1-14(2,3-4-19)9-18-8-11-12(15)5-10(7-17)6-13(11)16/h5-6,18-19H,3-4,8-9H2,1-2H3. The minimum absolute atomic E-state index is 0.0284. The van der Waals surface area contributed by atoms with Gasteiger partial charge in [0.2, 0.25) is 0 Å². The van der Waals surface area contributed by atoms with Crippen molar-refractivity contribution in [2.24, 2.45) is 5.41 Å². The number of benzene rings is 1. The Kier molecular flexibility index (Phi) is 5.40. The second kappa shape index (κ2) is 6.60. The molecule has 0 bridgehead atoms. The van der Waals surface area contributed by atoms with Crippen LogP contribution in [-0.2, 0) is 6.54 Å². The third-order valence-corrected chi connectivity index (χ3v) is 2.96. The van der Waals surface area contributed by atoms with Gasteiger partial charge in [-0.1, -0.05) is 13.8 Å². The van der Waals surface area contributed by atoms with Gasteiger partial charge in [-0.2, -0.15) is 5.26 Å². The number of aliphatic hydroxyl groups is 1. The Balaban J connectivity index is 2.67. The lowest BCUT2D eigenvalue weighted by Gasteiger charge is -2.24. The molecule has 0 saturated heterocycles. The number of rotatable bonds is 6. The van der Waals surface area contributed by atoms with Gasteiger partial charge in [-0.05, 0) is 24.0 Å². The van der Waals surface area contributed by atoms with Crippen LogP contribution >= 0.6 is 0 Å². The van der Waals surface area contributed by atoms with Crippen molar-refractivity contribution in [2.75, 3.05) is 13.2 Å². The smallest absolute Gasteiger partial charge is 0.131 e. The Hall–Kier alpha value is -1.51. The Morgan fingerprint density at radius 3 is 2.37 bits per heavy atom. The zero-order valence-corrected chi connectivity index (χ0v) is 11.1. The molecule has 0 fully saturated rings. The fraction of sp³-hybridized carbons (Fsp3) is 0.500. The van der Waals surface area contributed by atoms with Crippen LogP contribution in [0, 0.1) is 28.4 Å². The molecule has 3 nitrogen and oxygen atoms in total. The maximum atomic E-state index is 13.6. The molecule has 0 spiro atoms. The fourth-order valence-electron chi connectivity index (χ4n) is 1.75. The zero-order valence-electron chi connectivity index (χ0n) is 11.1. The molecule has 0 aliphatic carbocycles. The Morgan fingerprint density at radius 2 is 1.89 bits per heavy atom. The number of aliphatic hydroxyl groups excluding tert-OH is 1. The SMILES string of the molecule is CC(C)(CCO)CNCc1c(F)cc(C#N)cc1F. The average Bonchev–Trinajstić information content (AvgIpc) is 2.32. The minimum Gasteiger partial charge on any atom is -0.396 e. The third kappa shape index (κ3) is 4.58. The van der Waals surface area contributed by atoms with Gasteiger partial charge in [-0.15, -0.1) is 0 Å². The van der Waals surface area contributed by atoms with E-state index in [1.807, 2.05) is 13.8 Å². The fourth-order valence-corrected chi connectivity index (χ4v) is 1.75. The highest BCUT2D eigenvalue weighted by molar-refractivity contribution is 5.34. The highest BCUT2D eigenvalue weighted by Crippen LogP contribution is 2.19. The van der Waals surface area contributed by atoms with Crippen LogP contribution in [-0.4, -0.2) is 18.3 Å². The highest BCUT2D eigenvalue weighted by atomic mass is 19.1. The lowest BCUT2D eigenvalue weighted by Crippen LogP contribution is -2.30. The monoisotopic (exact) mass is 268 g/mol. The van der Waals surface area contributed by atoms with Crippen LogP contribution in [0.15, 0.2) is 12.1 Å². The number of nitriles is 1. The van der Waals surface area contributed by atoms with Gasteiger partial charge in [-0.3, -0.25) is 0 Å². The van der Waals surface area contributed by atoms with Crippen LogP contribution in [0.3, 0.4) is 0 Å². The molecule has 1 rings (SSSR count). The second-order valence-electron chi connectivity index (χ2n) is 5.27. The first kappa shape index (κ1) is 15.5. The van der Waals surface area contributed by atoms with Crippen LogP contribution < -0.4 is 5.32 Å². The molecule has 2 N–H and O–H groups in total. The summed E-state index contributed by atoms with van der Waals surface area (Å²) in [5.41, 5.74) is -0.243. The summed E-state index contributed by atoms with van der Waals surface area (Å²) >= 11 is 0. The number of nitrogens with zero attached hydrogens (tertiary/aromatic N) is 1. The summed E-state index contributed by atoms with van der Waals surface area (Å²) in [6, 6.07) is 3.76. The van der Waals surface area contributed by atoms with Crippen molar-refractivity contribution >= 4 is 0 Å². The summed E-state index contributed by atoms with van der Waals surface area (Å²) in [6.45, 7) is 4.59. The molecule has 0 aliphatic heterocycles. The van der Waals surface area contributed by atoms with Crippen LogP contribution in [0.1, 0.15) is 31.4 Å². The lowest BCUT2D eigenvalue weighted by molar-refractivity contribution is 0.206. The van der Waals surface area contributed by atoms with Crippen molar-refractivity contribution < 1.29 is 13.9 Å². The maximum Gasteiger partial charge on any atom is 0.131 e. The van der Waals surface area contributed by atoms with E-state index in [4.69, 9.17) is 10.4 Å². The van der Waals surface area contributed by atoms with E-state index in [1.54, 1.807) is 6.07 Å². The summed E-state index contributed by atoms with van der Waals surface area (Å²) in [6.07, 6.45) is 0.609. The molecular formula is C14H18F2N2O. The summed E-state index contributed by atoms with van der Waals surface area (Å²) in [7, 11) is 0. The van der Waals surface area contributed by atoms with Gasteiger partial charge in [0.25, 0.3) is 0 Å². The molecule has 0 aromatic heterocycles. The minimum atomic E-state index is -0.719. The summed E-state index contributed by atoms with van der Waals surface area (Å²) in [5.74, 6) is -1.44. The molecule has 0 heterocycles. The molecule has 0 amide bonds. The van der Waals surface area contributed by atoms with E-state index in [1.165, 1.54) is 0 Å². The number of nitrogens with one attached hydrogen (secondary N) is 1. The zero-order chi connectivity index (χ0) is 14.5. The van der Waals surface area contributed by atoms with Crippen molar-refractivity contribution in [1.82, 2.24) is 5.32 Å². The van der Waals surface area contributed by atoms with Gasteiger partial charge >= 0.3 is 0 Å². The number of halogens is 2. The average molecular weight is 268 g/mol. The van der Waals surface area contributed by atoms with Crippen molar-refractivity contribution in [3.63, 3.8) is 0 Å². The number of hydrogen-bond donors (Lipinski definition) is 2. The maximum absolute atomic E-state index is 13.6. The van der Waals surface area contributed by atoms with Crippen molar-refractivity contribution in [3.8, 4) is 6.07 Å². The van der Waals surface area contributed by atoms with Crippen molar-refractivity contribution in [1.29, 1.82) is 5.26 Å². The van der Waals surface area contributed by atoms with Gasteiger partial charge in [0.05, 0.1) is 11.6 Å². The van der Waals surface area contributed by atoms with E-state index in [9.17, 15) is 8.78 Å². The van der Waals surface area contributed by atoms with Gasteiger partial charge < -0.3 is 10.4 Å². The van der Waals surface area contributed by atoms with E-state index in [-0.39, 0.29) is 29.7 Å². The molecule has 0 atom stereocenters. The van der Waals surface area contributed by atoms with E-state index < -0.39 is 11.6 Å². The number of hydrogen-bond acceptors (Lipinski definition) is 3. The van der Waals surface area contributed by atoms with Gasteiger partial charge in [0.1, 0.15) is 11.6 Å². The first-order chi connectivity index (χ1) is 8.89. The van der Waals surface area contributed by atoms with Crippen LogP contribution in [0.2, 0.25) is 0 Å². The first-order valence-electron chi connectivity index (χ1n) is 6.09. The van der Waals surface area contributed by atoms with Gasteiger partial charge in [-0.25, -0.2) is 8.78 Å². The predicted octanol–water partition coefficient (Wildman–Crippen LogP) is 2.33. The molecular weight excluding hydrogens is 250 g/mol. The van der Waals surface area contributed by atoms with Crippen LogP contribution in [0.25, 0.3) is 0 Å². The van der Waals surface area contributed by atoms with Crippen LogP contribution in [0.5, 0.6) is 0 Å². The summed E-state index contributed by atoms with van der Waals surface area (Å²) < 4.78 is 27.2. The van der Waals surface area contributed by atoms with E-state index >= 15 is 0 Å². The molecule has 1 aromatic rings. The van der Waals surface area contributed by atoms with Gasteiger partial charge in [0.15, 0.2) is 0 Å².